The first kappa shape index (κ1) is 24.7. The monoisotopic (exact) mass is 408 g/mol. The summed E-state index contributed by atoms with van der Waals surface area (Å²) in [5.41, 5.74) is 0. The van der Waals surface area contributed by atoms with Crippen LogP contribution in [0.4, 0.5) is 0 Å². The van der Waals surface area contributed by atoms with E-state index in [2.05, 4.69) is 32.6 Å². The Morgan fingerprint density at radius 3 is 2.50 bits per heavy atom. The van der Waals surface area contributed by atoms with E-state index in [1.165, 1.54) is 37.7 Å². The standard InChI is InChI=1S/C23H40O4Si/c1-5-6-15-21(27-28(2,3)4)16-12-10-8-7-9-11-14-20(24)19-22(25)23-17-13-18-26-23/h13,16-18,22,25H,5-12,14-15,19H2,1-4H3/b21-16-. The zero-order chi connectivity index (χ0) is 20.8. The molecule has 1 atom stereocenters. The molecule has 4 nitrogen and oxygen atoms in total. The van der Waals surface area contributed by atoms with Crippen molar-refractivity contribution in [1.29, 1.82) is 0 Å². The second-order valence-electron chi connectivity index (χ2n) is 8.57. The molecule has 0 fully saturated rings. The topological polar surface area (TPSA) is 59.7 Å². The Balaban J connectivity index is 2.11. The minimum atomic E-state index is -1.52. The Morgan fingerprint density at radius 1 is 1.14 bits per heavy atom. The lowest BCUT2D eigenvalue weighted by molar-refractivity contribution is -0.121. The Bertz CT molecular complexity index is 558. The highest BCUT2D eigenvalue weighted by Gasteiger charge is 2.17. The molecule has 0 aliphatic rings. The number of allylic oxidation sites excluding steroid dienone is 2. The number of ketones is 1. The molecule has 1 heterocycles. The molecule has 0 saturated carbocycles. The first-order valence-electron chi connectivity index (χ1n) is 10.9. The summed E-state index contributed by atoms with van der Waals surface area (Å²) in [4.78, 5) is 11.9. The second-order valence-corrected chi connectivity index (χ2v) is 13.0. The van der Waals surface area contributed by atoms with Gasteiger partial charge in [-0.1, -0.05) is 32.6 Å². The van der Waals surface area contributed by atoms with E-state index in [-0.39, 0.29) is 12.2 Å². The molecular formula is C23H40O4Si. The molecule has 5 heteroatoms. The lowest BCUT2D eigenvalue weighted by atomic mass is 10.0. The molecule has 1 aromatic rings. The molecule has 0 aliphatic heterocycles. The van der Waals surface area contributed by atoms with Gasteiger partial charge in [-0.25, -0.2) is 0 Å². The smallest absolute Gasteiger partial charge is 0.241 e. The van der Waals surface area contributed by atoms with E-state index in [1.807, 2.05) is 0 Å². The summed E-state index contributed by atoms with van der Waals surface area (Å²) in [5, 5.41) is 9.92. The van der Waals surface area contributed by atoms with Gasteiger partial charge in [0.05, 0.1) is 12.0 Å². The van der Waals surface area contributed by atoms with E-state index in [0.717, 1.165) is 32.1 Å². The first-order valence-corrected chi connectivity index (χ1v) is 14.3. The zero-order valence-electron chi connectivity index (χ0n) is 18.3. The number of hydrogen-bond donors (Lipinski definition) is 1. The van der Waals surface area contributed by atoms with E-state index >= 15 is 0 Å². The number of unbranched alkanes of at least 4 members (excludes halogenated alkanes) is 6. The summed E-state index contributed by atoms with van der Waals surface area (Å²) in [6.45, 7) is 8.93. The molecule has 0 amide bonds. The summed E-state index contributed by atoms with van der Waals surface area (Å²) in [5.74, 6) is 1.77. The minimum Gasteiger partial charge on any atom is -0.548 e. The Morgan fingerprint density at radius 2 is 1.86 bits per heavy atom. The van der Waals surface area contributed by atoms with Crippen molar-refractivity contribution in [1.82, 2.24) is 0 Å². The molecule has 28 heavy (non-hydrogen) atoms. The number of rotatable bonds is 16. The molecule has 0 spiro atoms. The van der Waals surface area contributed by atoms with Crippen LogP contribution in [0.5, 0.6) is 0 Å². The predicted molar refractivity (Wildman–Crippen MR) is 118 cm³/mol. The van der Waals surface area contributed by atoms with Crippen molar-refractivity contribution in [3.8, 4) is 0 Å². The molecule has 1 rings (SSSR count). The zero-order valence-corrected chi connectivity index (χ0v) is 19.3. The molecule has 160 valence electrons. The number of aliphatic hydroxyl groups excluding tert-OH is 1. The number of Topliss-reactive ketones (excluding diaryl/α,β-unsaturated/α-hetero) is 1. The normalized spacial score (nSPS) is 13.5. The van der Waals surface area contributed by atoms with Crippen molar-refractivity contribution in [2.75, 3.05) is 0 Å². The quantitative estimate of drug-likeness (QED) is 0.183. The van der Waals surface area contributed by atoms with Crippen molar-refractivity contribution in [3.63, 3.8) is 0 Å². The summed E-state index contributed by atoms with van der Waals surface area (Å²) in [6.07, 6.45) is 13.7. The van der Waals surface area contributed by atoms with Crippen LogP contribution < -0.4 is 0 Å². The van der Waals surface area contributed by atoms with Crippen molar-refractivity contribution in [3.05, 3.63) is 36.0 Å². The fourth-order valence-electron chi connectivity index (χ4n) is 3.10. The third kappa shape index (κ3) is 12.2. The van der Waals surface area contributed by atoms with Gasteiger partial charge < -0.3 is 13.9 Å². The van der Waals surface area contributed by atoms with Crippen molar-refractivity contribution in [2.24, 2.45) is 0 Å². The van der Waals surface area contributed by atoms with Crippen LogP contribution >= 0.6 is 0 Å². The van der Waals surface area contributed by atoms with Crippen LogP contribution in [0, 0.1) is 0 Å². The Kier molecular flexibility index (Phi) is 12.2. The van der Waals surface area contributed by atoms with Gasteiger partial charge in [-0.15, -0.1) is 0 Å². The first-order chi connectivity index (χ1) is 13.3. The van der Waals surface area contributed by atoms with Gasteiger partial charge in [-0.2, -0.15) is 0 Å². The lowest BCUT2D eigenvalue weighted by Gasteiger charge is -2.22. The molecular weight excluding hydrogens is 368 g/mol. The second kappa shape index (κ2) is 13.8. The average Bonchev–Trinajstić information content (AvgIpc) is 3.15. The van der Waals surface area contributed by atoms with E-state index in [4.69, 9.17) is 8.84 Å². The van der Waals surface area contributed by atoms with Gasteiger partial charge >= 0.3 is 0 Å². The summed E-state index contributed by atoms with van der Waals surface area (Å²) in [6, 6.07) is 3.43. The highest BCUT2D eigenvalue weighted by atomic mass is 28.4. The van der Waals surface area contributed by atoms with Crippen LogP contribution in [0.25, 0.3) is 0 Å². The maximum atomic E-state index is 11.9. The molecule has 0 bridgehead atoms. The molecule has 0 aliphatic carbocycles. The summed E-state index contributed by atoms with van der Waals surface area (Å²) in [7, 11) is -1.52. The van der Waals surface area contributed by atoms with Crippen molar-refractivity contribution < 1.29 is 18.7 Å². The lowest BCUT2D eigenvalue weighted by Crippen LogP contribution is -2.24. The van der Waals surface area contributed by atoms with Gasteiger partial charge in [0.2, 0.25) is 8.32 Å². The molecule has 1 N–H and O–H groups in total. The highest BCUT2D eigenvalue weighted by Crippen LogP contribution is 2.20. The van der Waals surface area contributed by atoms with Gasteiger partial charge in [-0.3, -0.25) is 4.79 Å². The third-order valence-electron chi connectivity index (χ3n) is 4.54. The van der Waals surface area contributed by atoms with Crippen LogP contribution in [0.1, 0.15) is 89.4 Å². The van der Waals surface area contributed by atoms with Crippen LogP contribution in [0.3, 0.4) is 0 Å². The Hall–Kier alpha value is -1.33. The number of carbonyl (C=O) groups is 1. The maximum Gasteiger partial charge on any atom is 0.241 e. The van der Waals surface area contributed by atoms with Crippen molar-refractivity contribution in [2.45, 2.75) is 103 Å². The van der Waals surface area contributed by atoms with Gasteiger partial charge in [0.25, 0.3) is 0 Å². The molecule has 0 aromatic carbocycles. The van der Waals surface area contributed by atoms with Crippen LogP contribution in [0.2, 0.25) is 19.6 Å². The third-order valence-corrected chi connectivity index (χ3v) is 5.41. The van der Waals surface area contributed by atoms with Crippen molar-refractivity contribution >= 4 is 14.1 Å². The average molecular weight is 409 g/mol. The predicted octanol–water partition coefficient (Wildman–Crippen LogP) is 6.93. The van der Waals surface area contributed by atoms with E-state index in [9.17, 15) is 9.90 Å². The summed E-state index contributed by atoms with van der Waals surface area (Å²) < 4.78 is 11.3. The number of aliphatic hydroxyl groups is 1. The van der Waals surface area contributed by atoms with Crippen LogP contribution in [-0.2, 0) is 9.22 Å². The molecule has 1 aromatic heterocycles. The summed E-state index contributed by atoms with van der Waals surface area (Å²) >= 11 is 0. The fraction of sp³-hybridized carbons (Fsp3) is 0.696. The largest absolute Gasteiger partial charge is 0.548 e. The Labute approximate surface area is 172 Å². The molecule has 0 radical (unpaired) electrons. The molecule has 0 saturated heterocycles. The minimum absolute atomic E-state index is 0.107. The number of carbonyl (C=O) groups excluding carboxylic acids is 1. The van der Waals surface area contributed by atoms with Crippen LogP contribution in [-0.4, -0.2) is 19.2 Å². The van der Waals surface area contributed by atoms with Gasteiger partial charge in [0.15, 0.2) is 0 Å². The van der Waals surface area contributed by atoms with Crippen LogP contribution in [0.15, 0.2) is 34.6 Å². The van der Waals surface area contributed by atoms with Gasteiger partial charge in [0.1, 0.15) is 17.6 Å². The van der Waals surface area contributed by atoms with E-state index < -0.39 is 14.4 Å². The number of hydrogen-bond acceptors (Lipinski definition) is 4. The maximum absolute atomic E-state index is 11.9. The molecule has 1 unspecified atom stereocenters. The number of furan rings is 1. The fourth-order valence-corrected chi connectivity index (χ4v) is 4.07. The van der Waals surface area contributed by atoms with E-state index in [1.54, 1.807) is 12.1 Å². The van der Waals surface area contributed by atoms with Gasteiger partial charge in [-0.05, 0) is 63.5 Å². The SMILES string of the molecule is CCCC/C(=C/CCCCCCCC(=O)CC(O)c1ccco1)O[Si](C)(C)C. The van der Waals surface area contributed by atoms with Gasteiger partial charge in [0, 0.05) is 19.3 Å². The highest BCUT2D eigenvalue weighted by molar-refractivity contribution is 6.70. The van der Waals surface area contributed by atoms with E-state index in [0.29, 0.717) is 12.2 Å².